The number of nitrogens with zero attached hydrogens (tertiary/aromatic N) is 4. The van der Waals surface area contributed by atoms with E-state index < -0.39 is 5.82 Å². The van der Waals surface area contributed by atoms with Crippen LogP contribution in [0.15, 0.2) is 45.7 Å². The van der Waals surface area contributed by atoms with Crippen LogP contribution in [0.1, 0.15) is 12.8 Å². The largest absolute Gasteiger partial charge is 0.441 e. The van der Waals surface area contributed by atoms with Crippen molar-refractivity contribution < 1.29 is 8.81 Å². The van der Waals surface area contributed by atoms with Gasteiger partial charge in [0.25, 0.3) is 5.56 Å². The summed E-state index contributed by atoms with van der Waals surface area (Å²) < 4.78 is 21.4. The first-order valence-electron chi connectivity index (χ1n) is 9.57. The molecular weight excluding hydrogens is 373 g/mol. The lowest BCUT2D eigenvalue weighted by Crippen LogP contribution is -2.49. The van der Waals surface area contributed by atoms with Crippen LogP contribution >= 0.6 is 0 Å². The third kappa shape index (κ3) is 3.15. The van der Waals surface area contributed by atoms with Crippen LogP contribution in [0.2, 0.25) is 0 Å². The molecule has 4 heterocycles. The Bertz CT molecular complexity index is 1300. The van der Waals surface area contributed by atoms with E-state index in [0.717, 1.165) is 25.3 Å². The fourth-order valence-electron chi connectivity index (χ4n) is 3.84. The summed E-state index contributed by atoms with van der Waals surface area (Å²) in [7, 11) is 0. The summed E-state index contributed by atoms with van der Waals surface area (Å²) in [5.74, 6) is -0.114. The van der Waals surface area contributed by atoms with Crippen molar-refractivity contribution in [3.8, 4) is 11.3 Å². The predicted molar refractivity (Wildman–Crippen MR) is 109 cm³/mol. The Morgan fingerprint density at radius 1 is 1.24 bits per heavy atom. The first kappa shape index (κ1) is 17.8. The topological polar surface area (TPSA) is 75.7 Å². The van der Waals surface area contributed by atoms with E-state index in [1.807, 2.05) is 18.3 Å². The molecule has 29 heavy (non-hydrogen) atoms. The van der Waals surface area contributed by atoms with Crippen LogP contribution < -0.4 is 15.8 Å². The Morgan fingerprint density at radius 3 is 2.93 bits per heavy atom. The van der Waals surface area contributed by atoms with Crippen molar-refractivity contribution in [3.05, 3.63) is 58.6 Å². The summed E-state index contributed by atoms with van der Waals surface area (Å²) in [5, 5.41) is 3.41. The maximum atomic E-state index is 14.4. The first-order chi connectivity index (χ1) is 14.0. The maximum Gasteiger partial charge on any atom is 0.258 e. The quantitative estimate of drug-likeness (QED) is 0.564. The van der Waals surface area contributed by atoms with Crippen molar-refractivity contribution in [1.82, 2.24) is 19.7 Å². The van der Waals surface area contributed by atoms with Crippen LogP contribution in [0.3, 0.4) is 0 Å². The van der Waals surface area contributed by atoms with Crippen LogP contribution in [0.4, 0.5) is 10.1 Å². The molecule has 148 valence electrons. The van der Waals surface area contributed by atoms with Crippen LogP contribution in [-0.2, 0) is 0 Å². The molecule has 4 aromatic rings. The standard InChI is InChI=1S/C21H20FN5O2/c1-12-10-26(6-5-23-12)15-3-4-19-25-17(9-20(28)27(19)11-15)14-7-16(22)21-18(8-14)29-13(2)24-21/h3-4,7-9,11-12,23H,5-6,10H2,1-2H3. The Labute approximate surface area is 165 Å². The van der Waals surface area contributed by atoms with E-state index >= 15 is 0 Å². The highest BCUT2D eigenvalue weighted by atomic mass is 19.1. The van der Waals surface area contributed by atoms with E-state index in [2.05, 4.69) is 27.1 Å². The van der Waals surface area contributed by atoms with Gasteiger partial charge in [0.1, 0.15) is 11.2 Å². The molecule has 1 aliphatic heterocycles. The summed E-state index contributed by atoms with van der Waals surface area (Å²) in [6.07, 6.45) is 1.82. The third-order valence-electron chi connectivity index (χ3n) is 5.23. The van der Waals surface area contributed by atoms with Crippen LogP contribution in [-0.4, -0.2) is 40.0 Å². The number of piperazine rings is 1. The zero-order chi connectivity index (χ0) is 20.1. The van der Waals surface area contributed by atoms with Crippen molar-refractivity contribution >= 4 is 22.4 Å². The number of pyridine rings is 1. The molecule has 0 spiro atoms. The Balaban J connectivity index is 1.58. The number of aryl methyl sites for hydroxylation is 1. The lowest BCUT2D eigenvalue weighted by Gasteiger charge is -2.33. The van der Waals surface area contributed by atoms with Crippen molar-refractivity contribution in [1.29, 1.82) is 0 Å². The summed E-state index contributed by atoms with van der Waals surface area (Å²) >= 11 is 0. The first-order valence-corrected chi connectivity index (χ1v) is 9.57. The Morgan fingerprint density at radius 2 is 2.10 bits per heavy atom. The molecule has 0 saturated carbocycles. The Hall–Kier alpha value is -3.26. The maximum absolute atomic E-state index is 14.4. The van der Waals surface area contributed by atoms with Crippen molar-refractivity contribution in [3.63, 3.8) is 0 Å². The molecule has 8 heteroatoms. The Kier molecular flexibility index (Phi) is 4.09. The van der Waals surface area contributed by atoms with Crippen LogP contribution in [0.5, 0.6) is 0 Å². The normalized spacial score (nSPS) is 17.3. The second-order valence-electron chi connectivity index (χ2n) is 7.43. The van der Waals surface area contributed by atoms with Gasteiger partial charge in [-0.1, -0.05) is 0 Å². The number of fused-ring (bicyclic) bond motifs is 2. The monoisotopic (exact) mass is 393 g/mol. The highest BCUT2D eigenvalue weighted by molar-refractivity contribution is 5.80. The van der Waals surface area contributed by atoms with Gasteiger partial charge in [-0.3, -0.25) is 9.20 Å². The average molecular weight is 393 g/mol. The second kappa shape index (κ2) is 6.66. The van der Waals surface area contributed by atoms with Gasteiger partial charge in [0, 0.05) is 50.4 Å². The van der Waals surface area contributed by atoms with Crippen molar-refractivity contribution in [2.45, 2.75) is 19.9 Å². The fraction of sp³-hybridized carbons (Fsp3) is 0.286. The van der Waals surface area contributed by atoms with Gasteiger partial charge < -0.3 is 14.6 Å². The van der Waals surface area contributed by atoms with Gasteiger partial charge in [0.15, 0.2) is 17.3 Å². The number of hydrogen-bond donors (Lipinski definition) is 1. The van der Waals surface area contributed by atoms with Gasteiger partial charge in [0.2, 0.25) is 0 Å². The van der Waals surface area contributed by atoms with Gasteiger partial charge in [-0.15, -0.1) is 0 Å². The summed E-state index contributed by atoms with van der Waals surface area (Å²) in [6, 6.07) is 8.59. The molecule has 1 saturated heterocycles. The number of oxazole rings is 1. The summed E-state index contributed by atoms with van der Waals surface area (Å²) in [5.41, 5.74) is 2.66. The molecular formula is C21H20FN5O2. The van der Waals surface area contributed by atoms with E-state index in [0.29, 0.717) is 34.4 Å². The number of hydrogen-bond acceptors (Lipinski definition) is 6. The van der Waals surface area contributed by atoms with Gasteiger partial charge in [0.05, 0.1) is 11.4 Å². The minimum Gasteiger partial charge on any atom is -0.441 e. The summed E-state index contributed by atoms with van der Waals surface area (Å²) in [4.78, 5) is 23.6. The van der Waals surface area contributed by atoms with Gasteiger partial charge >= 0.3 is 0 Å². The molecule has 3 aromatic heterocycles. The van der Waals surface area contributed by atoms with Gasteiger partial charge in [-0.05, 0) is 31.2 Å². The molecule has 1 aliphatic rings. The minimum absolute atomic E-state index is 0.179. The van der Waals surface area contributed by atoms with E-state index in [1.165, 1.54) is 16.5 Å². The molecule has 5 rings (SSSR count). The number of aromatic nitrogens is 3. The molecule has 7 nitrogen and oxygen atoms in total. The van der Waals surface area contributed by atoms with Crippen LogP contribution in [0, 0.1) is 12.7 Å². The number of nitrogens with one attached hydrogen (secondary N) is 1. The van der Waals surface area contributed by atoms with Gasteiger partial charge in [-0.25, -0.2) is 14.4 Å². The highest BCUT2D eigenvalue weighted by Crippen LogP contribution is 2.26. The number of benzene rings is 1. The number of anilines is 1. The molecule has 1 unspecified atom stereocenters. The smallest absolute Gasteiger partial charge is 0.258 e. The van der Waals surface area contributed by atoms with Crippen LogP contribution in [0.25, 0.3) is 28.0 Å². The lowest BCUT2D eigenvalue weighted by atomic mass is 10.1. The van der Waals surface area contributed by atoms with E-state index in [4.69, 9.17) is 4.42 Å². The van der Waals surface area contributed by atoms with Crippen molar-refractivity contribution in [2.24, 2.45) is 0 Å². The fourth-order valence-corrected chi connectivity index (χ4v) is 3.84. The number of rotatable bonds is 2. The SMILES string of the molecule is Cc1nc2c(F)cc(-c3cc(=O)n4cc(N5CCNC(C)C5)ccc4n3)cc2o1. The summed E-state index contributed by atoms with van der Waals surface area (Å²) in [6.45, 7) is 6.46. The highest BCUT2D eigenvalue weighted by Gasteiger charge is 2.17. The minimum atomic E-state index is -0.500. The molecule has 1 N–H and O–H groups in total. The lowest BCUT2D eigenvalue weighted by molar-refractivity contribution is 0.484. The zero-order valence-corrected chi connectivity index (χ0v) is 16.1. The van der Waals surface area contributed by atoms with Crippen molar-refractivity contribution in [2.75, 3.05) is 24.5 Å². The molecule has 0 radical (unpaired) electrons. The molecule has 1 atom stereocenters. The molecule has 1 aromatic carbocycles. The van der Waals surface area contributed by atoms with Gasteiger partial charge in [-0.2, -0.15) is 0 Å². The molecule has 0 amide bonds. The number of halogens is 1. The van der Waals surface area contributed by atoms with E-state index in [1.54, 1.807) is 13.0 Å². The van der Waals surface area contributed by atoms with E-state index in [9.17, 15) is 9.18 Å². The average Bonchev–Trinajstić information content (AvgIpc) is 3.08. The van der Waals surface area contributed by atoms with E-state index in [-0.39, 0.29) is 11.1 Å². The predicted octanol–water partition coefficient (Wildman–Crippen LogP) is 2.75. The molecule has 0 bridgehead atoms. The zero-order valence-electron chi connectivity index (χ0n) is 16.1. The second-order valence-corrected chi connectivity index (χ2v) is 7.43. The molecule has 1 fully saturated rings. The molecule has 0 aliphatic carbocycles. The third-order valence-corrected chi connectivity index (χ3v) is 5.23.